The highest BCUT2D eigenvalue weighted by atomic mass is 35.5. The first-order valence-electron chi connectivity index (χ1n) is 6.86. The molecule has 21 heavy (non-hydrogen) atoms. The maximum Gasteiger partial charge on any atom is 0.324 e. The largest absolute Gasteiger partial charge is 0.462 e. The molecule has 1 rings (SSSR count). The molecule has 0 unspecified atom stereocenters. The van der Waals surface area contributed by atoms with Gasteiger partial charge in [-0.1, -0.05) is 44.2 Å². The topological polar surface area (TPSA) is 67.4 Å². The Kier molecular flexibility index (Phi) is 7.79. The summed E-state index contributed by atoms with van der Waals surface area (Å²) in [5, 5.41) is 2.64. The van der Waals surface area contributed by atoms with E-state index in [1.165, 1.54) is 0 Å². The van der Waals surface area contributed by atoms with Gasteiger partial charge in [-0.25, -0.2) is 4.84 Å². The van der Waals surface area contributed by atoms with Gasteiger partial charge in [-0.3, -0.25) is 9.59 Å². The van der Waals surface area contributed by atoms with Crippen molar-refractivity contribution in [1.82, 2.24) is 10.2 Å². The van der Waals surface area contributed by atoms with Crippen LogP contribution in [0.1, 0.15) is 31.9 Å². The molecule has 2 N–H and O–H groups in total. The average molecular weight is 313 g/mol. The van der Waals surface area contributed by atoms with E-state index in [4.69, 9.17) is 16.5 Å². The molecule has 1 aromatic carbocycles. The second-order valence-corrected chi connectivity index (χ2v) is 5.39. The van der Waals surface area contributed by atoms with Gasteiger partial charge < -0.3 is 10.1 Å². The third-order valence-electron chi connectivity index (χ3n) is 2.99. The predicted molar refractivity (Wildman–Crippen MR) is 81.6 cm³/mol. The van der Waals surface area contributed by atoms with Crippen molar-refractivity contribution in [2.24, 2.45) is 5.92 Å². The zero-order valence-corrected chi connectivity index (χ0v) is 13.0. The molecule has 2 atom stereocenters. The minimum Gasteiger partial charge on any atom is -0.462 e. The SMILES string of the molecule is CC(C)C[C@H](NCl)C(=O)OC[C@@H](NC=O)c1ccccc1. The van der Waals surface area contributed by atoms with E-state index in [1.54, 1.807) is 0 Å². The number of amides is 1. The number of hydrogen-bond donors (Lipinski definition) is 2. The van der Waals surface area contributed by atoms with Crippen molar-refractivity contribution < 1.29 is 14.3 Å². The van der Waals surface area contributed by atoms with Crippen molar-refractivity contribution >= 4 is 24.2 Å². The first-order valence-corrected chi connectivity index (χ1v) is 7.23. The number of benzene rings is 1. The quantitative estimate of drug-likeness (QED) is 0.417. The molecule has 0 aromatic heterocycles. The van der Waals surface area contributed by atoms with Crippen LogP contribution < -0.4 is 10.2 Å². The van der Waals surface area contributed by atoms with E-state index in [-0.39, 0.29) is 12.6 Å². The molecule has 0 fully saturated rings. The normalized spacial score (nSPS) is 13.5. The van der Waals surface area contributed by atoms with E-state index in [9.17, 15) is 9.59 Å². The molecular weight excluding hydrogens is 292 g/mol. The second kappa shape index (κ2) is 9.37. The summed E-state index contributed by atoms with van der Waals surface area (Å²) in [6.07, 6.45) is 1.18. The van der Waals surface area contributed by atoms with E-state index < -0.39 is 12.0 Å². The van der Waals surface area contributed by atoms with Crippen LogP contribution in [0.5, 0.6) is 0 Å². The van der Waals surface area contributed by atoms with Gasteiger partial charge >= 0.3 is 5.97 Å². The van der Waals surface area contributed by atoms with Gasteiger partial charge in [0, 0.05) is 0 Å². The summed E-state index contributed by atoms with van der Waals surface area (Å²) in [5.41, 5.74) is 0.872. The lowest BCUT2D eigenvalue weighted by Crippen LogP contribution is -2.36. The minimum absolute atomic E-state index is 0.0642. The van der Waals surface area contributed by atoms with Gasteiger partial charge in [-0.05, 0) is 29.7 Å². The average Bonchev–Trinajstić information content (AvgIpc) is 2.49. The summed E-state index contributed by atoms with van der Waals surface area (Å²) in [6, 6.07) is 8.39. The Bertz CT molecular complexity index is 440. The lowest BCUT2D eigenvalue weighted by Gasteiger charge is -2.20. The highest BCUT2D eigenvalue weighted by molar-refractivity contribution is 6.14. The first-order chi connectivity index (χ1) is 10.1. The summed E-state index contributed by atoms with van der Waals surface area (Å²) in [4.78, 5) is 25.1. The van der Waals surface area contributed by atoms with Gasteiger partial charge in [0.05, 0.1) is 6.04 Å². The Hall–Kier alpha value is -1.59. The van der Waals surface area contributed by atoms with Crippen molar-refractivity contribution in [3.8, 4) is 0 Å². The molecule has 0 aliphatic heterocycles. The molecule has 0 saturated heterocycles. The van der Waals surface area contributed by atoms with Crippen molar-refractivity contribution in [3.05, 3.63) is 35.9 Å². The van der Waals surface area contributed by atoms with Crippen LogP contribution in [-0.4, -0.2) is 25.0 Å². The van der Waals surface area contributed by atoms with Gasteiger partial charge in [-0.15, -0.1) is 0 Å². The Labute approximate surface area is 130 Å². The molecule has 0 bridgehead atoms. The number of nitrogens with one attached hydrogen (secondary N) is 2. The van der Waals surface area contributed by atoms with Gasteiger partial charge in [0.15, 0.2) is 0 Å². The van der Waals surface area contributed by atoms with Crippen LogP contribution >= 0.6 is 11.8 Å². The smallest absolute Gasteiger partial charge is 0.324 e. The minimum atomic E-state index is -0.556. The van der Waals surface area contributed by atoms with Gasteiger partial charge in [0.2, 0.25) is 6.41 Å². The molecule has 1 amide bonds. The van der Waals surface area contributed by atoms with E-state index in [2.05, 4.69) is 10.2 Å². The number of carbonyl (C=O) groups excluding carboxylic acids is 2. The number of hydrogen-bond acceptors (Lipinski definition) is 4. The maximum absolute atomic E-state index is 12.0. The molecule has 0 aliphatic rings. The van der Waals surface area contributed by atoms with Crippen LogP contribution in [0.2, 0.25) is 0 Å². The number of esters is 1. The molecule has 1 aromatic rings. The maximum atomic E-state index is 12.0. The van der Waals surface area contributed by atoms with E-state index in [1.807, 2.05) is 44.2 Å². The first kappa shape index (κ1) is 17.5. The monoisotopic (exact) mass is 312 g/mol. The van der Waals surface area contributed by atoms with Crippen molar-refractivity contribution in [1.29, 1.82) is 0 Å². The summed E-state index contributed by atoms with van der Waals surface area (Å²) >= 11 is 5.58. The summed E-state index contributed by atoms with van der Waals surface area (Å²) in [5.74, 6) is -0.112. The molecular formula is C15H21ClN2O3. The van der Waals surface area contributed by atoms with E-state index in [0.717, 1.165) is 5.56 Å². The fraction of sp³-hybridized carbons (Fsp3) is 0.467. The van der Waals surface area contributed by atoms with Crippen LogP contribution in [0.3, 0.4) is 0 Å². The van der Waals surface area contributed by atoms with Crippen LogP contribution in [0.4, 0.5) is 0 Å². The summed E-state index contributed by atoms with van der Waals surface area (Å²) in [7, 11) is 0. The zero-order valence-electron chi connectivity index (χ0n) is 12.2. The Balaban J connectivity index is 2.60. The highest BCUT2D eigenvalue weighted by Crippen LogP contribution is 2.14. The van der Waals surface area contributed by atoms with Crippen LogP contribution in [-0.2, 0) is 14.3 Å². The van der Waals surface area contributed by atoms with Gasteiger partial charge in [0.1, 0.15) is 12.6 Å². The van der Waals surface area contributed by atoms with E-state index >= 15 is 0 Å². The Morgan fingerprint density at radius 2 is 2.00 bits per heavy atom. The molecule has 5 nitrogen and oxygen atoms in total. The molecule has 0 radical (unpaired) electrons. The Morgan fingerprint density at radius 3 is 2.52 bits per heavy atom. The summed E-state index contributed by atoms with van der Waals surface area (Å²) in [6.45, 7) is 4.05. The van der Waals surface area contributed by atoms with Crippen molar-refractivity contribution in [3.63, 3.8) is 0 Å². The molecule has 0 aliphatic carbocycles. The number of rotatable bonds is 9. The van der Waals surface area contributed by atoms with Crippen LogP contribution in [0, 0.1) is 5.92 Å². The second-order valence-electron chi connectivity index (χ2n) is 5.17. The molecule has 6 heteroatoms. The van der Waals surface area contributed by atoms with Crippen molar-refractivity contribution in [2.75, 3.05) is 6.61 Å². The highest BCUT2D eigenvalue weighted by Gasteiger charge is 2.22. The molecule has 0 heterocycles. The van der Waals surface area contributed by atoms with Crippen LogP contribution in [0.25, 0.3) is 0 Å². The lowest BCUT2D eigenvalue weighted by molar-refractivity contribution is -0.147. The fourth-order valence-corrected chi connectivity index (χ4v) is 2.11. The third kappa shape index (κ3) is 6.14. The fourth-order valence-electron chi connectivity index (χ4n) is 1.93. The molecule has 116 valence electrons. The lowest BCUT2D eigenvalue weighted by atomic mass is 10.0. The standard InChI is InChI=1S/C15H21ClN2O3/c1-11(2)8-13(18-16)15(20)21-9-14(17-10-19)12-6-4-3-5-7-12/h3-7,10-11,13-14,18H,8-9H2,1-2H3,(H,17,19)/t13-,14+/m0/s1. The van der Waals surface area contributed by atoms with Gasteiger partial charge in [0.25, 0.3) is 0 Å². The van der Waals surface area contributed by atoms with Crippen LogP contribution in [0.15, 0.2) is 30.3 Å². The number of carbonyl (C=O) groups is 2. The summed E-state index contributed by atoms with van der Waals surface area (Å²) < 4.78 is 5.26. The molecule has 0 spiro atoms. The third-order valence-corrected chi connectivity index (χ3v) is 3.25. The number of halogens is 1. The zero-order chi connectivity index (χ0) is 15.7. The predicted octanol–water partition coefficient (Wildman–Crippen LogP) is 2.17. The van der Waals surface area contributed by atoms with Crippen molar-refractivity contribution in [2.45, 2.75) is 32.4 Å². The van der Waals surface area contributed by atoms with E-state index in [0.29, 0.717) is 18.7 Å². The number of ether oxygens (including phenoxy) is 1. The Morgan fingerprint density at radius 1 is 1.33 bits per heavy atom. The van der Waals surface area contributed by atoms with Gasteiger partial charge in [-0.2, -0.15) is 0 Å². The molecule has 0 saturated carbocycles.